The van der Waals surface area contributed by atoms with Crippen LogP contribution in [0.15, 0.2) is 0 Å². The van der Waals surface area contributed by atoms with Crippen LogP contribution in [0.5, 0.6) is 0 Å². The molecule has 0 atom stereocenters. The minimum absolute atomic E-state index is 0.201. The van der Waals surface area contributed by atoms with Gasteiger partial charge < -0.3 is 10.8 Å². The van der Waals surface area contributed by atoms with Crippen molar-refractivity contribution in [3.8, 4) is 0 Å². The number of alkyl halides is 2. The summed E-state index contributed by atoms with van der Waals surface area (Å²) in [6.45, 7) is -1.63. The predicted molar refractivity (Wildman–Crippen MR) is 56.4 cm³/mol. The zero-order valence-electron chi connectivity index (χ0n) is 9.44. The molecule has 1 fully saturated rings. The summed E-state index contributed by atoms with van der Waals surface area (Å²) in [5, 5.41) is 16.1. The second kappa shape index (κ2) is 4.66. The topological polar surface area (TPSA) is 77.0 Å². The molecular weight excluding hydrogens is 230 g/mol. The summed E-state index contributed by atoms with van der Waals surface area (Å²) in [7, 11) is 0. The van der Waals surface area contributed by atoms with E-state index in [9.17, 15) is 8.78 Å². The molecule has 1 aromatic rings. The van der Waals surface area contributed by atoms with Crippen molar-refractivity contribution in [2.45, 2.75) is 38.3 Å². The Morgan fingerprint density at radius 2 is 2.18 bits per heavy atom. The average Bonchev–Trinajstić information content (AvgIpc) is 3.03. The van der Waals surface area contributed by atoms with Gasteiger partial charge in [0.1, 0.15) is 13.2 Å². The minimum atomic E-state index is -3.17. The molecule has 0 amide bonds. The summed E-state index contributed by atoms with van der Waals surface area (Å²) < 4.78 is 27.4. The Hall–Kier alpha value is -1.08. The fraction of sp³-hybridized carbons (Fsp3) is 0.800. The molecule has 1 aliphatic rings. The Balaban J connectivity index is 2.17. The second-order valence-electron chi connectivity index (χ2n) is 4.51. The summed E-state index contributed by atoms with van der Waals surface area (Å²) >= 11 is 0. The smallest absolute Gasteiger partial charge is 0.289 e. The summed E-state index contributed by atoms with van der Waals surface area (Å²) in [6.07, 6.45) is 2.93. The summed E-state index contributed by atoms with van der Waals surface area (Å²) in [5.41, 5.74) is 6.76. The standard InChI is InChI=1S/C10H16F2N4O/c11-10(12,6-17)5-16-9(3-7-1-2-7)8(4-13)14-15-16/h7,17H,1-6,13H2. The van der Waals surface area contributed by atoms with Crippen molar-refractivity contribution >= 4 is 0 Å². The molecule has 17 heavy (non-hydrogen) atoms. The van der Waals surface area contributed by atoms with Crippen LogP contribution in [-0.4, -0.2) is 32.6 Å². The molecule has 0 bridgehead atoms. The molecule has 1 heterocycles. The Kier molecular flexibility index (Phi) is 3.39. The predicted octanol–water partition coefficient (Wildman–Crippen LogP) is 0.317. The molecular formula is C10H16F2N4O. The maximum atomic E-state index is 13.1. The highest BCUT2D eigenvalue weighted by atomic mass is 19.3. The van der Waals surface area contributed by atoms with Crippen LogP contribution in [0.3, 0.4) is 0 Å². The van der Waals surface area contributed by atoms with E-state index in [0.29, 0.717) is 23.7 Å². The maximum absolute atomic E-state index is 13.1. The lowest BCUT2D eigenvalue weighted by atomic mass is 10.1. The van der Waals surface area contributed by atoms with Gasteiger partial charge in [0.05, 0.1) is 11.4 Å². The van der Waals surface area contributed by atoms with Crippen LogP contribution in [0.4, 0.5) is 8.78 Å². The zero-order valence-corrected chi connectivity index (χ0v) is 9.44. The maximum Gasteiger partial charge on any atom is 0.289 e. The van der Waals surface area contributed by atoms with Crippen LogP contribution in [0, 0.1) is 5.92 Å². The molecule has 0 aromatic carbocycles. The molecule has 0 spiro atoms. The van der Waals surface area contributed by atoms with E-state index in [1.165, 1.54) is 4.68 Å². The Morgan fingerprint density at radius 1 is 1.47 bits per heavy atom. The average molecular weight is 246 g/mol. The number of hydrogen-bond acceptors (Lipinski definition) is 4. The van der Waals surface area contributed by atoms with Gasteiger partial charge in [-0.15, -0.1) is 5.10 Å². The summed E-state index contributed by atoms with van der Waals surface area (Å²) in [5.74, 6) is -2.63. The van der Waals surface area contributed by atoms with Crippen molar-refractivity contribution in [1.82, 2.24) is 15.0 Å². The molecule has 5 nitrogen and oxygen atoms in total. The summed E-state index contributed by atoms with van der Waals surface area (Å²) in [6, 6.07) is 0. The Labute approximate surface area is 97.6 Å². The monoisotopic (exact) mass is 246 g/mol. The van der Waals surface area contributed by atoms with E-state index >= 15 is 0 Å². The van der Waals surface area contributed by atoms with Gasteiger partial charge in [-0.3, -0.25) is 0 Å². The number of rotatable bonds is 6. The first kappa shape index (κ1) is 12.4. The number of aromatic nitrogens is 3. The van der Waals surface area contributed by atoms with Crippen molar-refractivity contribution < 1.29 is 13.9 Å². The number of aliphatic hydroxyl groups excluding tert-OH is 1. The van der Waals surface area contributed by atoms with E-state index < -0.39 is 19.1 Å². The van der Waals surface area contributed by atoms with Crippen LogP contribution in [0.25, 0.3) is 0 Å². The van der Waals surface area contributed by atoms with E-state index in [0.717, 1.165) is 12.8 Å². The van der Waals surface area contributed by atoms with Gasteiger partial charge in [-0.25, -0.2) is 13.5 Å². The second-order valence-corrected chi connectivity index (χ2v) is 4.51. The molecule has 3 N–H and O–H groups in total. The van der Waals surface area contributed by atoms with Gasteiger partial charge in [0.25, 0.3) is 5.92 Å². The lowest BCUT2D eigenvalue weighted by Crippen LogP contribution is -2.29. The largest absolute Gasteiger partial charge is 0.390 e. The molecule has 96 valence electrons. The highest BCUT2D eigenvalue weighted by Gasteiger charge is 2.32. The van der Waals surface area contributed by atoms with E-state index in [4.69, 9.17) is 10.8 Å². The number of aliphatic hydroxyl groups is 1. The molecule has 1 saturated carbocycles. The van der Waals surface area contributed by atoms with Gasteiger partial charge >= 0.3 is 0 Å². The van der Waals surface area contributed by atoms with E-state index in [2.05, 4.69) is 10.3 Å². The fourth-order valence-electron chi connectivity index (χ4n) is 1.74. The van der Waals surface area contributed by atoms with Crippen molar-refractivity contribution in [1.29, 1.82) is 0 Å². The van der Waals surface area contributed by atoms with Crippen molar-refractivity contribution in [3.63, 3.8) is 0 Å². The number of hydrogen-bond donors (Lipinski definition) is 2. The minimum Gasteiger partial charge on any atom is -0.390 e. The highest BCUT2D eigenvalue weighted by Crippen LogP contribution is 2.33. The molecule has 2 rings (SSSR count). The third kappa shape index (κ3) is 2.98. The fourth-order valence-corrected chi connectivity index (χ4v) is 1.74. The molecule has 0 aliphatic heterocycles. The first-order chi connectivity index (χ1) is 8.05. The quantitative estimate of drug-likeness (QED) is 0.757. The van der Waals surface area contributed by atoms with Gasteiger partial charge in [-0.2, -0.15) is 0 Å². The van der Waals surface area contributed by atoms with Gasteiger partial charge in [-0.05, 0) is 25.2 Å². The first-order valence-electron chi connectivity index (χ1n) is 5.65. The molecule has 1 aromatic heterocycles. The number of halogens is 2. The van der Waals surface area contributed by atoms with Gasteiger partial charge in [0.2, 0.25) is 0 Å². The SMILES string of the molecule is NCc1nnn(CC(F)(F)CO)c1CC1CC1. The summed E-state index contributed by atoms with van der Waals surface area (Å²) in [4.78, 5) is 0. The lowest BCUT2D eigenvalue weighted by Gasteiger charge is -2.14. The van der Waals surface area contributed by atoms with Crippen LogP contribution in [-0.2, 0) is 19.5 Å². The molecule has 7 heteroatoms. The highest BCUT2D eigenvalue weighted by molar-refractivity contribution is 5.12. The molecule has 1 aliphatic carbocycles. The Morgan fingerprint density at radius 3 is 2.71 bits per heavy atom. The van der Waals surface area contributed by atoms with Gasteiger partial charge in [0.15, 0.2) is 0 Å². The van der Waals surface area contributed by atoms with Gasteiger partial charge in [-0.1, -0.05) is 5.21 Å². The van der Waals surface area contributed by atoms with Gasteiger partial charge in [0, 0.05) is 6.54 Å². The molecule has 0 saturated heterocycles. The van der Waals surface area contributed by atoms with Crippen LogP contribution >= 0.6 is 0 Å². The zero-order chi connectivity index (χ0) is 12.5. The van der Waals surface area contributed by atoms with Crippen LogP contribution in [0.2, 0.25) is 0 Å². The van der Waals surface area contributed by atoms with Crippen molar-refractivity contribution in [2.75, 3.05) is 6.61 Å². The Bertz CT molecular complexity index is 390. The third-order valence-corrected chi connectivity index (χ3v) is 2.90. The number of nitrogens with zero attached hydrogens (tertiary/aromatic N) is 3. The number of nitrogens with two attached hydrogens (primary N) is 1. The van der Waals surface area contributed by atoms with Crippen molar-refractivity contribution in [2.24, 2.45) is 11.7 Å². The third-order valence-electron chi connectivity index (χ3n) is 2.90. The van der Waals surface area contributed by atoms with E-state index in [1.54, 1.807) is 0 Å². The van der Waals surface area contributed by atoms with Crippen LogP contribution in [0.1, 0.15) is 24.2 Å². The van der Waals surface area contributed by atoms with E-state index in [-0.39, 0.29) is 6.54 Å². The first-order valence-corrected chi connectivity index (χ1v) is 5.65. The van der Waals surface area contributed by atoms with E-state index in [1.807, 2.05) is 0 Å². The molecule has 0 unspecified atom stereocenters. The van der Waals surface area contributed by atoms with Crippen LogP contribution < -0.4 is 5.73 Å². The van der Waals surface area contributed by atoms with Crippen molar-refractivity contribution in [3.05, 3.63) is 11.4 Å². The molecule has 0 radical (unpaired) electrons. The lowest BCUT2D eigenvalue weighted by molar-refractivity contribution is -0.0660. The normalized spacial score (nSPS) is 16.5.